The Morgan fingerprint density at radius 3 is 2.15 bits per heavy atom. The summed E-state index contributed by atoms with van der Waals surface area (Å²) < 4.78 is 8.96. The number of nitrogens with zero attached hydrogens (tertiary/aromatic N) is 1. The van der Waals surface area contributed by atoms with Crippen molar-refractivity contribution in [1.82, 2.24) is 0 Å². The second-order valence-corrected chi connectivity index (χ2v) is 10.9. The number of furan rings is 1. The molecule has 27 heavy (non-hydrogen) atoms. The van der Waals surface area contributed by atoms with Crippen molar-refractivity contribution >= 4 is 41.1 Å². The quantitative estimate of drug-likeness (QED) is 0.388. The zero-order valence-corrected chi connectivity index (χ0v) is 18.9. The van der Waals surface area contributed by atoms with E-state index in [-0.39, 0.29) is 20.4 Å². The minimum absolute atomic E-state index is 0.139. The van der Waals surface area contributed by atoms with E-state index in [4.69, 9.17) is 4.42 Å². The Morgan fingerprint density at radius 2 is 1.52 bits per heavy atom. The molecule has 1 aliphatic heterocycles. The summed E-state index contributed by atoms with van der Waals surface area (Å²) in [6, 6.07) is 13.7. The molecule has 3 heteroatoms. The van der Waals surface area contributed by atoms with Crippen LogP contribution in [0.3, 0.4) is 0 Å². The molecule has 0 saturated heterocycles. The average Bonchev–Trinajstić information content (AvgIpc) is 2.92. The van der Waals surface area contributed by atoms with Crippen molar-refractivity contribution in [2.45, 2.75) is 53.9 Å². The molecule has 0 atom stereocenters. The summed E-state index contributed by atoms with van der Waals surface area (Å²) in [5.41, 5.74) is 7.93. The van der Waals surface area contributed by atoms with Crippen LogP contribution < -0.4 is 13.8 Å². The van der Waals surface area contributed by atoms with Crippen LogP contribution >= 0.6 is 0 Å². The Bertz CT molecular complexity index is 1020. The Labute approximate surface area is 168 Å². The van der Waals surface area contributed by atoms with Crippen molar-refractivity contribution in [3.05, 3.63) is 64.4 Å². The van der Waals surface area contributed by atoms with Crippen LogP contribution in [0.1, 0.15) is 48.8 Å². The molecule has 140 valence electrons. The fourth-order valence-electron chi connectivity index (χ4n) is 3.79. The molecule has 0 fully saturated rings. The van der Waals surface area contributed by atoms with E-state index >= 15 is 0 Å². The standard InChI is InChI=1S/C24H27NOSe/c1-14-8-9-19-20(10-14)27-21-13-17(4)26-23(21)25(19)22-15(2)11-18(12-16(22)3)24(5,6)7/h8-13H,1-7H3. The van der Waals surface area contributed by atoms with Crippen molar-refractivity contribution in [3.8, 4) is 0 Å². The number of hydrogen-bond acceptors (Lipinski definition) is 2. The molecule has 1 aromatic heterocycles. The van der Waals surface area contributed by atoms with Crippen LogP contribution in [0.5, 0.6) is 0 Å². The fraction of sp³-hybridized carbons (Fsp3) is 0.333. The first-order valence-electron chi connectivity index (χ1n) is 9.46. The van der Waals surface area contributed by atoms with E-state index in [0.29, 0.717) is 0 Å². The van der Waals surface area contributed by atoms with E-state index in [1.807, 2.05) is 6.92 Å². The number of benzene rings is 2. The summed E-state index contributed by atoms with van der Waals surface area (Å²) in [5.74, 6) is 1.98. The van der Waals surface area contributed by atoms with Crippen LogP contribution in [0.15, 0.2) is 40.8 Å². The van der Waals surface area contributed by atoms with Gasteiger partial charge in [-0.1, -0.05) is 0 Å². The van der Waals surface area contributed by atoms with E-state index < -0.39 is 0 Å². The monoisotopic (exact) mass is 425 g/mol. The van der Waals surface area contributed by atoms with Gasteiger partial charge in [-0.15, -0.1) is 0 Å². The van der Waals surface area contributed by atoms with Gasteiger partial charge in [-0.3, -0.25) is 0 Å². The number of rotatable bonds is 1. The van der Waals surface area contributed by atoms with E-state index in [1.54, 1.807) is 0 Å². The van der Waals surface area contributed by atoms with Gasteiger partial charge < -0.3 is 0 Å². The number of anilines is 3. The molecule has 0 unspecified atom stereocenters. The molecule has 2 heterocycles. The molecule has 0 aliphatic carbocycles. The third-order valence-corrected chi connectivity index (χ3v) is 7.39. The first kappa shape index (κ1) is 18.4. The maximum atomic E-state index is 6.21. The van der Waals surface area contributed by atoms with Gasteiger partial charge >= 0.3 is 169 Å². The summed E-state index contributed by atoms with van der Waals surface area (Å²) >= 11 is 0.276. The van der Waals surface area contributed by atoms with Gasteiger partial charge in [-0.05, 0) is 0 Å². The molecular formula is C24H27NOSe. The van der Waals surface area contributed by atoms with Gasteiger partial charge in [0.15, 0.2) is 0 Å². The molecule has 0 N–H and O–H groups in total. The predicted octanol–water partition coefficient (Wildman–Crippen LogP) is 5.25. The van der Waals surface area contributed by atoms with Crippen molar-refractivity contribution in [2.75, 3.05) is 4.90 Å². The molecule has 1 aliphatic rings. The van der Waals surface area contributed by atoms with Crippen molar-refractivity contribution < 1.29 is 4.42 Å². The van der Waals surface area contributed by atoms with Crippen LogP contribution in [0.25, 0.3) is 0 Å². The SMILES string of the molecule is Cc1ccc2c(c1)[Se]c1cc(C)oc1N2c1c(C)cc(C(C)(C)C)cc1C. The van der Waals surface area contributed by atoms with E-state index in [1.165, 1.54) is 42.6 Å². The number of hydrogen-bond donors (Lipinski definition) is 0. The van der Waals surface area contributed by atoms with Crippen molar-refractivity contribution in [2.24, 2.45) is 0 Å². The molecule has 0 amide bonds. The van der Waals surface area contributed by atoms with Gasteiger partial charge in [-0.25, -0.2) is 0 Å². The summed E-state index contributed by atoms with van der Waals surface area (Å²) in [6.07, 6.45) is 0. The third-order valence-electron chi connectivity index (χ3n) is 5.16. The van der Waals surface area contributed by atoms with Crippen molar-refractivity contribution in [1.29, 1.82) is 0 Å². The molecule has 2 nitrogen and oxygen atoms in total. The number of aryl methyl sites for hydroxylation is 4. The molecule has 3 aromatic rings. The third kappa shape index (κ3) is 3.13. The van der Waals surface area contributed by atoms with Crippen LogP contribution in [0.2, 0.25) is 0 Å². The Morgan fingerprint density at radius 1 is 0.852 bits per heavy atom. The summed E-state index contributed by atoms with van der Waals surface area (Å²) in [6.45, 7) is 15.5. The first-order valence-corrected chi connectivity index (χ1v) is 11.2. The first-order chi connectivity index (χ1) is 12.6. The maximum absolute atomic E-state index is 6.21. The molecule has 0 spiro atoms. The van der Waals surface area contributed by atoms with Crippen molar-refractivity contribution in [3.63, 3.8) is 0 Å². The van der Waals surface area contributed by atoms with E-state index in [0.717, 1.165) is 11.6 Å². The Balaban J connectivity index is 1.97. The summed E-state index contributed by atoms with van der Waals surface area (Å²) in [5, 5.41) is 0. The van der Waals surface area contributed by atoms with Gasteiger partial charge in [0.1, 0.15) is 0 Å². The second-order valence-electron chi connectivity index (χ2n) is 8.64. The Kier molecular flexibility index (Phi) is 4.29. The van der Waals surface area contributed by atoms with Crippen LogP contribution in [0, 0.1) is 27.7 Å². The van der Waals surface area contributed by atoms with Gasteiger partial charge in [0.2, 0.25) is 0 Å². The van der Waals surface area contributed by atoms with Gasteiger partial charge in [0.25, 0.3) is 0 Å². The topological polar surface area (TPSA) is 16.4 Å². The average molecular weight is 424 g/mol. The zero-order valence-electron chi connectivity index (χ0n) is 17.2. The molecule has 0 radical (unpaired) electrons. The van der Waals surface area contributed by atoms with E-state index in [2.05, 4.69) is 82.8 Å². The molecule has 0 saturated carbocycles. The molecular weight excluding hydrogens is 397 g/mol. The number of fused-ring (bicyclic) bond motifs is 2. The molecule has 0 bridgehead atoms. The Hall–Kier alpha value is -1.96. The fourth-order valence-corrected chi connectivity index (χ4v) is 6.29. The van der Waals surface area contributed by atoms with Gasteiger partial charge in [-0.2, -0.15) is 0 Å². The molecule has 2 aromatic carbocycles. The summed E-state index contributed by atoms with van der Waals surface area (Å²) in [7, 11) is 0. The zero-order chi connectivity index (χ0) is 19.5. The van der Waals surface area contributed by atoms with Crippen LogP contribution in [-0.2, 0) is 5.41 Å². The predicted molar refractivity (Wildman–Crippen MR) is 116 cm³/mol. The normalized spacial score (nSPS) is 13.5. The van der Waals surface area contributed by atoms with Gasteiger partial charge in [0, 0.05) is 0 Å². The molecule has 4 rings (SSSR count). The second kappa shape index (κ2) is 6.29. The van der Waals surface area contributed by atoms with Crippen LogP contribution in [-0.4, -0.2) is 15.0 Å². The minimum atomic E-state index is 0.139. The summed E-state index contributed by atoms with van der Waals surface area (Å²) in [4.78, 5) is 2.35. The van der Waals surface area contributed by atoms with Gasteiger partial charge in [0.05, 0.1) is 0 Å². The van der Waals surface area contributed by atoms with E-state index in [9.17, 15) is 0 Å². The van der Waals surface area contributed by atoms with Crippen LogP contribution in [0.4, 0.5) is 17.3 Å².